The summed E-state index contributed by atoms with van der Waals surface area (Å²) in [6.45, 7) is 3.83. The normalized spacial score (nSPS) is 22.5. The predicted molar refractivity (Wildman–Crippen MR) is 83.9 cm³/mol. The van der Waals surface area contributed by atoms with Crippen molar-refractivity contribution < 1.29 is 9.53 Å². The Kier molecular flexibility index (Phi) is 3.46. The van der Waals surface area contributed by atoms with Gasteiger partial charge in [0, 0.05) is 44.4 Å². The van der Waals surface area contributed by atoms with Gasteiger partial charge < -0.3 is 19.5 Å². The van der Waals surface area contributed by atoms with Crippen molar-refractivity contribution in [3.05, 3.63) is 24.4 Å². The summed E-state index contributed by atoms with van der Waals surface area (Å²) < 4.78 is 5.50. The first-order valence-corrected chi connectivity index (χ1v) is 7.91. The number of pyridine rings is 1. The van der Waals surface area contributed by atoms with Crippen LogP contribution in [0.25, 0.3) is 11.0 Å². The number of rotatable bonds is 2. The van der Waals surface area contributed by atoms with Gasteiger partial charge >= 0.3 is 0 Å². The van der Waals surface area contributed by atoms with E-state index in [9.17, 15) is 4.79 Å². The summed E-state index contributed by atoms with van der Waals surface area (Å²) in [7, 11) is 0. The highest BCUT2D eigenvalue weighted by Crippen LogP contribution is 2.20. The Bertz CT molecular complexity index is 670. The second kappa shape index (κ2) is 5.61. The van der Waals surface area contributed by atoms with Crippen molar-refractivity contribution in [2.24, 2.45) is 0 Å². The lowest BCUT2D eigenvalue weighted by atomic mass is 10.2. The van der Waals surface area contributed by atoms with Crippen LogP contribution in [-0.4, -0.2) is 59.7 Å². The summed E-state index contributed by atoms with van der Waals surface area (Å²) in [4.78, 5) is 24.3. The van der Waals surface area contributed by atoms with E-state index in [1.165, 1.54) is 0 Å². The molecule has 22 heavy (non-hydrogen) atoms. The number of fused-ring (bicyclic) bond motifs is 1. The molecule has 0 aliphatic carbocycles. The second-order valence-corrected chi connectivity index (χ2v) is 5.90. The molecule has 2 aliphatic rings. The minimum atomic E-state index is -0.208. The Morgan fingerprint density at radius 1 is 1.23 bits per heavy atom. The Morgan fingerprint density at radius 2 is 2.09 bits per heavy atom. The molecule has 0 bridgehead atoms. The average molecular weight is 300 g/mol. The maximum Gasteiger partial charge on any atom is 0.251 e. The Labute approximate surface area is 129 Å². The SMILES string of the molecule is O=C(C1CCCO1)N1CCN(c2ccc3cc[nH]c3n2)CC1. The third kappa shape index (κ3) is 2.43. The van der Waals surface area contributed by atoms with Crippen molar-refractivity contribution >= 4 is 22.8 Å². The molecule has 2 aliphatic heterocycles. The van der Waals surface area contributed by atoms with Crippen LogP contribution in [0.3, 0.4) is 0 Å². The van der Waals surface area contributed by atoms with Gasteiger partial charge in [0.15, 0.2) is 0 Å². The number of carbonyl (C=O) groups is 1. The predicted octanol–water partition coefficient (Wildman–Crippen LogP) is 1.39. The van der Waals surface area contributed by atoms with Crippen molar-refractivity contribution in [1.29, 1.82) is 0 Å². The van der Waals surface area contributed by atoms with Gasteiger partial charge in [0.2, 0.25) is 0 Å². The highest BCUT2D eigenvalue weighted by molar-refractivity contribution is 5.81. The van der Waals surface area contributed by atoms with Crippen molar-refractivity contribution in [1.82, 2.24) is 14.9 Å². The number of aromatic amines is 1. The highest BCUT2D eigenvalue weighted by atomic mass is 16.5. The van der Waals surface area contributed by atoms with Crippen LogP contribution in [0.4, 0.5) is 5.82 Å². The lowest BCUT2D eigenvalue weighted by Crippen LogP contribution is -2.51. The van der Waals surface area contributed by atoms with E-state index < -0.39 is 0 Å². The standard InChI is InChI=1S/C16H20N4O2/c21-16(13-2-1-11-22-13)20-9-7-19(8-10-20)14-4-3-12-5-6-17-15(12)18-14/h3-6,13H,1-2,7-11H2,(H,17,18). The molecule has 0 saturated carbocycles. The van der Waals surface area contributed by atoms with Crippen LogP contribution >= 0.6 is 0 Å². The van der Waals surface area contributed by atoms with Crippen molar-refractivity contribution in [3.63, 3.8) is 0 Å². The molecule has 2 saturated heterocycles. The highest BCUT2D eigenvalue weighted by Gasteiger charge is 2.30. The number of amides is 1. The smallest absolute Gasteiger partial charge is 0.251 e. The summed E-state index contributed by atoms with van der Waals surface area (Å²) in [6.07, 6.45) is 3.56. The monoisotopic (exact) mass is 300 g/mol. The Hall–Kier alpha value is -2.08. The molecule has 1 atom stereocenters. The minimum absolute atomic E-state index is 0.157. The van der Waals surface area contributed by atoms with Crippen LogP contribution in [-0.2, 0) is 9.53 Å². The molecule has 0 aromatic carbocycles. The van der Waals surface area contributed by atoms with Gasteiger partial charge in [0.05, 0.1) is 0 Å². The molecule has 4 rings (SSSR count). The van der Waals surface area contributed by atoms with E-state index in [0.717, 1.165) is 62.5 Å². The molecule has 2 aromatic rings. The van der Waals surface area contributed by atoms with Crippen LogP contribution in [0, 0.1) is 0 Å². The summed E-state index contributed by atoms with van der Waals surface area (Å²) in [5.41, 5.74) is 0.912. The van der Waals surface area contributed by atoms with Gasteiger partial charge in [0.1, 0.15) is 17.6 Å². The second-order valence-electron chi connectivity index (χ2n) is 5.90. The van der Waals surface area contributed by atoms with E-state index in [4.69, 9.17) is 4.74 Å². The molecule has 1 N–H and O–H groups in total. The molecule has 2 aromatic heterocycles. The van der Waals surface area contributed by atoms with Crippen molar-refractivity contribution in [2.45, 2.75) is 18.9 Å². The summed E-state index contributed by atoms with van der Waals surface area (Å²) in [6, 6.07) is 6.15. The van der Waals surface area contributed by atoms with E-state index >= 15 is 0 Å². The number of nitrogens with zero attached hydrogens (tertiary/aromatic N) is 3. The zero-order valence-corrected chi connectivity index (χ0v) is 12.5. The number of hydrogen-bond acceptors (Lipinski definition) is 4. The lowest BCUT2D eigenvalue weighted by molar-refractivity contribution is -0.141. The fourth-order valence-corrected chi connectivity index (χ4v) is 3.23. The largest absolute Gasteiger partial charge is 0.368 e. The van der Waals surface area contributed by atoms with E-state index in [1.807, 2.05) is 23.2 Å². The fraction of sp³-hybridized carbons (Fsp3) is 0.500. The van der Waals surface area contributed by atoms with Crippen LogP contribution in [0.1, 0.15) is 12.8 Å². The van der Waals surface area contributed by atoms with Gasteiger partial charge in [-0.15, -0.1) is 0 Å². The summed E-state index contributed by atoms with van der Waals surface area (Å²) in [5, 5.41) is 1.12. The number of nitrogens with one attached hydrogen (secondary N) is 1. The maximum atomic E-state index is 12.3. The van der Waals surface area contributed by atoms with Gasteiger partial charge in [-0.3, -0.25) is 4.79 Å². The van der Waals surface area contributed by atoms with Crippen LogP contribution in [0.2, 0.25) is 0 Å². The lowest BCUT2D eigenvalue weighted by Gasteiger charge is -2.36. The first-order valence-electron chi connectivity index (χ1n) is 7.91. The molecular weight excluding hydrogens is 280 g/mol. The fourth-order valence-electron chi connectivity index (χ4n) is 3.23. The molecule has 116 valence electrons. The van der Waals surface area contributed by atoms with Crippen molar-refractivity contribution in [2.75, 3.05) is 37.7 Å². The minimum Gasteiger partial charge on any atom is -0.368 e. The van der Waals surface area contributed by atoms with Gasteiger partial charge in [-0.2, -0.15) is 0 Å². The third-order valence-electron chi connectivity index (χ3n) is 4.52. The molecule has 2 fully saturated rings. The topological polar surface area (TPSA) is 61.5 Å². The van der Waals surface area contributed by atoms with Gasteiger partial charge in [-0.1, -0.05) is 0 Å². The number of H-pyrrole nitrogens is 1. The van der Waals surface area contributed by atoms with E-state index in [-0.39, 0.29) is 12.0 Å². The van der Waals surface area contributed by atoms with E-state index in [2.05, 4.69) is 20.9 Å². The zero-order chi connectivity index (χ0) is 14.9. The third-order valence-corrected chi connectivity index (χ3v) is 4.52. The number of carbonyl (C=O) groups excluding carboxylic acids is 1. The molecule has 1 unspecified atom stereocenters. The number of anilines is 1. The van der Waals surface area contributed by atoms with Crippen LogP contribution in [0.5, 0.6) is 0 Å². The number of piperazine rings is 1. The molecule has 4 heterocycles. The maximum absolute atomic E-state index is 12.3. The summed E-state index contributed by atoms with van der Waals surface area (Å²) >= 11 is 0. The van der Waals surface area contributed by atoms with E-state index in [1.54, 1.807) is 0 Å². The van der Waals surface area contributed by atoms with E-state index in [0.29, 0.717) is 0 Å². The van der Waals surface area contributed by atoms with Crippen molar-refractivity contribution in [3.8, 4) is 0 Å². The summed E-state index contributed by atoms with van der Waals surface area (Å²) in [5.74, 6) is 1.13. The molecular formula is C16H20N4O2. The quantitative estimate of drug-likeness (QED) is 0.910. The molecule has 6 heteroatoms. The molecule has 0 radical (unpaired) electrons. The zero-order valence-electron chi connectivity index (χ0n) is 12.5. The Balaban J connectivity index is 1.41. The van der Waals surface area contributed by atoms with Gasteiger partial charge in [-0.05, 0) is 31.0 Å². The first kappa shape index (κ1) is 13.6. The average Bonchev–Trinajstić information content (AvgIpc) is 3.25. The molecule has 0 spiro atoms. The Morgan fingerprint density at radius 3 is 2.86 bits per heavy atom. The molecule has 1 amide bonds. The molecule has 6 nitrogen and oxygen atoms in total. The number of hydrogen-bond donors (Lipinski definition) is 1. The first-order chi connectivity index (χ1) is 10.8. The number of ether oxygens (including phenoxy) is 1. The van der Waals surface area contributed by atoms with Crippen LogP contribution in [0.15, 0.2) is 24.4 Å². The number of aromatic nitrogens is 2. The van der Waals surface area contributed by atoms with Crippen LogP contribution < -0.4 is 4.90 Å². The van der Waals surface area contributed by atoms with Gasteiger partial charge in [-0.25, -0.2) is 4.98 Å². The van der Waals surface area contributed by atoms with Gasteiger partial charge in [0.25, 0.3) is 5.91 Å².